The lowest BCUT2D eigenvalue weighted by Crippen LogP contribution is -2.19. The van der Waals surface area contributed by atoms with Crippen molar-refractivity contribution in [3.05, 3.63) is 29.3 Å². The summed E-state index contributed by atoms with van der Waals surface area (Å²) in [6, 6.07) is 5.30. The van der Waals surface area contributed by atoms with Crippen molar-refractivity contribution in [2.45, 2.75) is 24.3 Å². The van der Waals surface area contributed by atoms with E-state index in [2.05, 4.69) is 5.32 Å². The number of rotatable bonds is 2. The molecule has 1 aromatic rings. The van der Waals surface area contributed by atoms with E-state index in [1.165, 1.54) is 12.8 Å². The Labute approximate surface area is 99.0 Å². The van der Waals surface area contributed by atoms with Gasteiger partial charge in [0.2, 0.25) is 5.91 Å². The summed E-state index contributed by atoms with van der Waals surface area (Å²) in [7, 11) is 0. The van der Waals surface area contributed by atoms with Crippen molar-refractivity contribution in [2.24, 2.45) is 11.7 Å². The van der Waals surface area contributed by atoms with Gasteiger partial charge in [0, 0.05) is 11.3 Å². The SMILES string of the molecule is N[C@@H]1C(=O)Nc2ccc([C@@H](Cl)C3CC3)cc21. The van der Waals surface area contributed by atoms with Crippen LogP contribution in [-0.4, -0.2) is 5.91 Å². The highest BCUT2D eigenvalue weighted by Crippen LogP contribution is 2.46. The second-order valence-corrected chi connectivity index (χ2v) is 5.02. The quantitative estimate of drug-likeness (QED) is 0.775. The van der Waals surface area contributed by atoms with Gasteiger partial charge in [0.1, 0.15) is 6.04 Å². The lowest BCUT2D eigenvalue weighted by atomic mass is 10.0. The molecular formula is C12H13ClN2O. The molecule has 3 rings (SSSR count). The Balaban J connectivity index is 1.96. The van der Waals surface area contributed by atoms with E-state index in [0.717, 1.165) is 16.8 Å². The first-order valence-electron chi connectivity index (χ1n) is 5.51. The number of carbonyl (C=O) groups is 1. The number of benzene rings is 1. The third-order valence-corrected chi connectivity index (χ3v) is 3.91. The average Bonchev–Trinajstić information content (AvgIpc) is 3.07. The molecular weight excluding hydrogens is 224 g/mol. The standard InChI is InChI=1S/C12H13ClN2O/c13-10(6-1-2-6)7-3-4-9-8(5-7)11(14)12(16)15-9/h3-6,10-11H,1-2,14H2,(H,15,16)/t10-,11-/m0/s1. The van der Waals surface area contributed by atoms with Gasteiger partial charge in [0.15, 0.2) is 0 Å². The number of fused-ring (bicyclic) bond motifs is 1. The van der Waals surface area contributed by atoms with E-state index >= 15 is 0 Å². The van der Waals surface area contributed by atoms with E-state index in [1.807, 2.05) is 18.2 Å². The summed E-state index contributed by atoms with van der Waals surface area (Å²) in [4.78, 5) is 11.4. The van der Waals surface area contributed by atoms with Gasteiger partial charge in [0.25, 0.3) is 0 Å². The predicted molar refractivity (Wildman–Crippen MR) is 63.3 cm³/mol. The van der Waals surface area contributed by atoms with Crippen LogP contribution in [0, 0.1) is 5.92 Å². The van der Waals surface area contributed by atoms with Crippen LogP contribution in [0.4, 0.5) is 5.69 Å². The van der Waals surface area contributed by atoms with Crippen molar-refractivity contribution in [1.29, 1.82) is 0 Å². The summed E-state index contributed by atoms with van der Waals surface area (Å²) in [6.07, 6.45) is 2.41. The van der Waals surface area contributed by atoms with E-state index in [9.17, 15) is 4.79 Å². The first-order chi connectivity index (χ1) is 7.66. The van der Waals surface area contributed by atoms with Crippen LogP contribution in [0.15, 0.2) is 18.2 Å². The van der Waals surface area contributed by atoms with Gasteiger partial charge in [-0.3, -0.25) is 4.79 Å². The number of carbonyl (C=O) groups excluding carboxylic acids is 1. The fourth-order valence-corrected chi connectivity index (χ4v) is 2.52. The number of hydrogen-bond donors (Lipinski definition) is 2. The van der Waals surface area contributed by atoms with Crippen molar-refractivity contribution in [3.8, 4) is 0 Å². The molecule has 0 radical (unpaired) electrons. The number of nitrogens with one attached hydrogen (secondary N) is 1. The van der Waals surface area contributed by atoms with Crippen LogP contribution in [0.2, 0.25) is 0 Å². The summed E-state index contributed by atoms with van der Waals surface area (Å²) >= 11 is 6.34. The molecule has 1 aromatic carbocycles. The smallest absolute Gasteiger partial charge is 0.245 e. The summed E-state index contributed by atoms with van der Waals surface area (Å²) in [5.41, 5.74) is 8.56. The molecule has 0 saturated heterocycles. The van der Waals surface area contributed by atoms with Crippen molar-refractivity contribution in [3.63, 3.8) is 0 Å². The third kappa shape index (κ3) is 1.51. The van der Waals surface area contributed by atoms with Crippen LogP contribution in [0.1, 0.15) is 35.4 Å². The van der Waals surface area contributed by atoms with Crippen LogP contribution in [0.3, 0.4) is 0 Å². The van der Waals surface area contributed by atoms with Gasteiger partial charge in [-0.25, -0.2) is 0 Å². The number of alkyl halides is 1. The highest BCUT2D eigenvalue weighted by Gasteiger charge is 2.33. The molecule has 1 fully saturated rings. The van der Waals surface area contributed by atoms with Crippen molar-refractivity contribution >= 4 is 23.2 Å². The molecule has 1 saturated carbocycles. The first kappa shape index (κ1) is 10.1. The third-order valence-electron chi connectivity index (χ3n) is 3.31. The van der Waals surface area contributed by atoms with Gasteiger partial charge in [-0.2, -0.15) is 0 Å². The molecule has 0 unspecified atom stereocenters. The molecule has 1 amide bonds. The molecule has 3 N–H and O–H groups in total. The Kier molecular flexibility index (Phi) is 2.19. The summed E-state index contributed by atoms with van der Waals surface area (Å²) in [5, 5.41) is 2.81. The molecule has 1 aliphatic carbocycles. The fraction of sp³-hybridized carbons (Fsp3) is 0.417. The molecule has 3 nitrogen and oxygen atoms in total. The minimum absolute atomic E-state index is 0.0632. The Morgan fingerprint density at radius 2 is 2.19 bits per heavy atom. The van der Waals surface area contributed by atoms with E-state index in [0.29, 0.717) is 5.92 Å². The molecule has 16 heavy (non-hydrogen) atoms. The van der Waals surface area contributed by atoms with Crippen molar-refractivity contribution < 1.29 is 4.79 Å². The van der Waals surface area contributed by atoms with Gasteiger partial charge < -0.3 is 11.1 Å². The second kappa shape index (κ2) is 3.47. The van der Waals surface area contributed by atoms with E-state index in [4.69, 9.17) is 17.3 Å². The zero-order chi connectivity index (χ0) is 11.3. The Bertz CT molecular complexity index is 456. The number of anilines is 1. The maximum Gasteiger partial charge on any atom is 0.245 e. The molecule has 0 aromatic heterocycles. The summed E-state index contributed by atoms with van der Waals surface area (Å²) < 4.78 is 0. The van der Waals surface area contributed by atoms with Crippen LogP contribution in [-0.2, 0) is 4.79 Å². The van der Waals surface area contributed by atoms with Gasteiger partial charge in [0.05, 0.1) is 5.38 Å². The minimum atomic E-state index is -0.544. The second-order valence-electron chi connectivity index (χ2n) is 4.55. The lowest BCUT2D eigenvalue weighted by Gasteiger charge is -2.10. The largest absolute Gasteiger partial charge is 0.324 e. The van der Waals surface area contributed by atoms with Gasteiger partial charge in [-0.15, -0.1) is 11.6 Å². The van der Waals surface area contributed by atoms with E-state index < -0.39 is 6.04 Å². The zero-order valence-electron chi connectivity index (χ0n) is 8.74. The molecule has 1 aliphatic heterocycles. The lowest BCUT2D eigenvalue weighted by molar-refractivity contribution is -0.116. The summed E-state index contributed by atoms with van der Waals surface area (Å²) in [5.74, 6) is 0.464. The molecule has 0 bridgehead atoms. The molecule has 4 heteroatoms. The van der Waals surface area contributed by atoms with E-state index in [1.54, 1.807) is 0 Å². The summed E-state index contributed by atoms with van der Waals surface area (Å²) in [6.45, 7) is 0. The molecule has 2 atom stereocenters. The Hall–Kier alpha value is -1.06. The normalized spacial score (nSPS) is 25.1. The molecule has 2 aliphatic rings. The number of halogens is 1. The van der Waals surface area contributed by atoms with Crippen LogP contribution >= 0.6 is 11.6 Å². The van der Waals surface area contributed by atoms with Crippen molar-refractivity contribution in [2.75, 3.05) is 5.32 Å². The highest BCUT2D eigenvalue weighted by molar-refractivity contribution is 6.21. The minimum Gasteiger partial charge on any atom is -0.324 e. The highest BCUT2D eigenvalue weighted by atomic mass is 35.5. The molecule has 0 spiro atoms. The monoisotopic (exact) mass is 236 g/mol. The van der Waals surface area contributed by atoms with Gasteiger partial charge in [-0.05, 0) is 30.4 Å². The van der Waals surface area contributed by atoms with E-state index in [-0.39, 0.29) is 11.3 Å². The first-order valence-corrected chi connectivity index (χ1v) is 5.95. The fourth-order valence-electron chi connectivity index (χ4n) is 2.14. The maximum absolute atomic E-state index is 11.4. The van der Waals surface area contributed by atoms with Crippen LogP contribution in [0.5, 0.6) is 0 Å². The van der Waals surface area contributed by atoms with Crippen molar-refractivity contribution in [1.82, 2.24) is 0 Å². The predicted octanol–water partition coefficient (Wildman–Crippen LogP) is 2.33. The average molecular weight is 237 g/mol. The zero-order valence-corrected chi connectivity index (χ0v) is 9.50. The van der Waals surface area contributed by atoms with Crippen LogP contribution < -0.4 is 11.1 Å². The topological polar surface area (TPSA) is 55.1 Å². The Morgan fingerprint density at radius 3 is 2.88 bits per heavy atom. The van der Waals surface area contributed by atoms with Gasteiger partial charge >= 0.3 is 0 Å². The Morgan fingerprint density at radius 1 is 1.44 bits per heavy atom. The number of amides is 1. The van der Waals surface area contributed by atoms with Crippen LogP contribution in [0.25, 0.3) is 0 Å². The number of nitrogens with two attached hydrogens (primary N) is 1. The number of hydrogen-bond acceptors (Lipinski definition) is 2. The molecule has 84 valence electrons. The molecule has 1 heterocycles. The maximum atomic E-state index is 11.4. The van der Waals surface area contributed by atoms with Gasteiger partial charge in [-0.1, -0.05) is 12.1 Å².